The van der Waals surface area contributed by atoms with Crippen LogP contribution >= 0.6 is 0 Å². The third kappa shape index (κ3) is 5.48. The van der Waals surface area contributed by atoms with Crippen LogP contribution in [0.15, 0.2) is 58.4 Å². The minimum atomic E-state index is -3.41. The molecule has 0 spiro atoms. The van der Waals surface area contributed by atoms with E-state index in [4.69, 9.17) is 4.74 Å². The lowest BCUT2D eigenvalue weighted by molar-refractivity contribution is 0.372. The van der Waals surface area contributed by atoms with Gasteiger partial charge < -0.3 is 19.9 Å². The van der Waals surface area contributed by atoms with Crippen LogP contribution in [-0.2, 0) is 16.6 Å². The first-order chi connectivity index (χ1) is 14.8. The fraction of sp³-hybridized carbons (Fsp3) is 0.409. The summed E-state index contributed by atoms with van der Waals surface area (Å²) in [6.07, 6.45) is 0. The van der Waals surface area contributed by atoms with Crippen LogP contribution in [0.4, 0.5) is 5.69 Å². The second kappa shape index (κ2) is 10.0. The summed E-state index contributed by atoms with van der Waals surface area (Å²) >= 11 is 0. The molecule has 1 saturated heterocycles. The molecule has 1 aliphatic heterocycles. The minimum absolute atomic E-state index is 0.292. The number of benzene rings is 2. The largest absolute Gasteiger partial charge is 0.497 e. The van der Waals surface area contributed by atoms with E-state index in [2.05, 4.69) is 32.2 Å². The number of anilines is 1. The predicted molar refractivity (Wildman–Crippen MR) is 124 cm³/mol. The Balaban J connectivity index is 1.54. The molecule has 168 valence electrons. The highest BCUT2D eigenvalue weighted by Gasteiger charge is 2.20. The Hall–Kier alpha value is -2.78. The third-order valence-electron chi connectivity index (χ3n) is 5.38. The van der Waals surface area contributed by atoms with Gasteiger partial charge in [-0.2, -0.15) is 0 Å². The molecule has 0 aromatic heterocycles. The first-order valence-corrected chi connectivity index (χ1v) is 11.6. The maximum atomic E-state index is 12.2. The molecule has 0 radical (unpaired) electrons. The summed E-state index contributed by atoms with van der Waals surface area (Å²) in [5, 5.41) is 3.39. The topological polar surface area (TPSA) is 77.5 Å². The fourth-order valence-electron chi connectivity index (χ4n) is 3.47. The van der Waals surface area contributed by atoms with E-state index in [-0.39, 0.29) is 0 Å². The molecule has 8 nitrogen and oxygen atoms in total. The molecule has 0 unspecified atom stereocenters. The van der Waals surface area contributed by atoms with E-state index in [9.17, 15) is 8.42 Å². The first-order valence-electron chi connectivity index (χ1n) is 10.2. The van der Waals surface area contributed by atoms with Crippen molar-refractivity contribution < 1.29 is 13.2 Å². The summed E-state index contributed by atoms with van der Waals surface area (Å²) in [7, 11) is 3.11. The van der Waals surface area contributed by atoms with Crippen molar-refractivity contribution in [1.82, 2.24) is 14.5 Å². The van der Waals surface area contributed by atoms with E-state index in [1.165, 1.54) is 24.1 Å². The molecule has 9 heteroatoms. The summed E-state index contributed by atoms with van der Waals surface area (Å²) in [5.41, 5.74) is 2.19. The molecule has 31 heavy (non-hydrogen) atoms. The summed E-state index contributed by atoms with van der Waals surface area (Å²) in [6.45, 7) is 4.12. The van der Waals surface area contributed by atoms with E-state index >= 15 is 0 Å². The molecule has 2 aromatic carbocycles. The van der Waals surface area contributed by atoms with Crippen LogP contribution in [0.2, 0.25) is 0 Å². The number of sulfonamides is 1. The molecular weight excluding hydrogens is 414 g/mol. The lowest BCUT2D eigenvalue weighted by atomic mass is 10.2. The molecule has 0 amide bonds. The van der Waals surface area contributed by atoms with Crippen molar-refractivity contribution in [2.24, 2.45) is 4.99 Å². The maximum absolute atomic E-state index is 12.2. The van der Waals surface area contributed by atoms with Crippen molar-refractivity contribution in [2.45, 2.75) is 11.4 Å². The zero-order valence-corrected chi connectivity index (χ0v) is 19.4. The zero-order chi connectivity index (χ0) is 22.4. The zero-order valence-electron chi connectivity index (χ0n) is 18.6. The number of methoxy groups -OCH3 is 1. The number of hydrogen-bond acceptors (Lipinski definition) is 5. The molecular formula is C22H31N5O3S. The predicted octanol–water partition coefficient (Wildman–Crippen LogP) is 1.84. The summed E-state index contributed by atoms with van der Waals surface area (Å²) in [5.74, 6) is 1.71. The highest BCUT2D eigenvalue weighted by atomic mass is 32.2. The second-order valence-electron chi connectivity index (χ2n) is 7.50. The smallest absolute Gasteiger partial charge is 0.242 e. The van der Waals surface area contributed by atoms with E-state index in [0.29, 0.717) is 11.4 Å². The molecule has 0 atom stereocenters. The molecule has 3 rings (SSSR count). The van der Waals surface area contributed by atoms with Crippen LogP contribution in [0.5, 0.6) is 5.75 Å². The number of nitrogens with one attached hydrogen (secondary N) is 1. The van der Waals surface area contributed by atoms with Gasteiger partial charge in [-0.25, -0.2) is 12.7 Å². The third-order valence-corrected chi connectivity index (χ3v) is 7.21. The van der Waals surface area contributed by atoms with Gasteiger partial charge in [-0.15, -0.1) is 0 Å². The molecule has 1 N–H and O–H groups in total. The Morgan fingerprint density at radius 3 is 2.16 bits per heavy atom. The van der Waals surface area contributed by atoms with E-state index < -0.39 is 10.0 Å². The average Bonchev–Trinajstić information content (AvgIpc) is 2.80. The van der Waals surface area contributed by atoms with Gasteiger partial charge in [0.1, 0.15) is 5.75 Å². The Labute approximate surface area is 185 Å². The van der Waals surface area contributed by atoms with Gasteiger partial charge in [-0.1, -0.05) is 12.1 Å². The summed E-state index contributed by atoms with van der Waals surface area (Å²) < 4.78 is 30.8. The number of piperazine rings is 1. The van der Waals surface area contributed by atoms with Crippen LogP contribution < -0.4 is 15.0 Å². The van der Waals surface area contributed by atoms with Crippen LogP contribution in [-0.4, -0.2) is 78.0 Å². The Kier molecular flexibility index (Phi) is 7.40. The van der Waals surface area contributed by atoms with Crippen molar-refractivity contribution in [3.05, 3.63) is 54.1 Å². The summed E-state index contributed by atoms with van der Waals surface area (Å²) in [4.78, 5) is 9.31. The number of ether oxygens (including phenoxy) is 1. The van der Waals surface area contributed by atoms with Crippen molar-refractivity contribution in [2.75, 3.05) is 59.3 Å². The number of rotatable bonds is 6. The van der Waals surface area contributed by atoms with E-state index in [0.717, 1.165) is 43.5 Å². The van der Waals surface area contributed by atoms with Crippen LogP contribution in [0.25, 0.3) is 0 Å². The highest BCUT2D eigenvalue weighted by Crippen LogP contribution is 2.20. The first kappa shape index (κ1) is 22.9. The van der Waals surface area contributed by atoms with Gasteiger partial charge in [0.2, 0.25) is 10.0 Å². The monoisotopic (exact) mass is 445 g/mol. The normalized spacial score (nSPS) is 15.3. The highest BCUT2D eigenvalue weighted by molar-refractivity contribution is 7.89. The van der Waals surface area contributed by atoms with E-state index in [1.807, 2.05) is 24.3 Å². The van der Waals surface area contributed by atoms with E-state index in [1.54, 1.807) is 26.3 Å². The standard InChI is InChI=1S/C22H31N5O3S/c1-23-22(24-17-18-5-11-21(12-6-18)31(28,29)25(2)3)27-15-13-26(14-16-27)19-7-9-20(30-4)10-8-19/h5-12H,13-17H2,1-4H3,(H,23,24). The quantitative estimate of drug-likeness (QED) is 0.540. The number of guanidine groups is 1. The number of aliphatic imine (C=N–C) groups is 1. The van der Waals surface area contributed by atoms with Crippen molar-refractivity contribution in [3.63, 3.8) is 0 Å². The molecule has 2 aromatic rings. The lowest BCUT2D eigenvalue weighted by Crippen LogP contribution is -2.52. The average molecular weight is 446 g/mol. The van der Waals surface area contributed by atoms with Gasteiger partial charge in [0.05, 0.1) is 12.0 Å². The number of nitrogens with zero attached hydrogens (tertiary/aromatic N) is 4. The van der Waals surface area contributed by atoms with Gasteiger partial charge in [0.15, 0.2) is 5.96 Å². The Bertz CT molecular complexity index is 981. The van der Waals surface area contributed by atoms with Gasteiger partial charge in [0, 0.05) is 59.6 Å². The fourth-order valence-corrected chi connectivity index (χ4v) is 4.37. The molecule has 1 aliphatic rings. The van der Waals surface area contributed by atoms with Gasteiger partial charge in [-0.05, 0) is 42.0 Å². The second-order valence-corrected chi connectivity index (χ2v) is 9.66. The maximum Gasteiger partial charge on any atom is 0.242 e. The van der Waals surface area contributed by atoms with Crippen LogP contribution in [0, 0.1) is 0 Å². The Morgan fingerprint density at radius 2 is 1.65 bits per heavy atom. The van der Waals surface area contributed by atoms with Gasteiger partial charge in [0.25, 0.3) is 0 Å². The number of hydrogen-bond donors (Lipinski definition) is 1. The van der Waals surface area contributed by atoms with Crippen molar-refractivity contribution >= 4 is 21.7 Å². The molecule has 1 heterocycles. The van der Waals surface area contributed by atoms with Crippen molar-refractivity contribution in [1.29, 1.82) is 0 Å². The molecule has 0 aliphatic carbocycles. The Morgan fingerprint density at radius 1 is 1.03 bits per heavy atom. The summed E-state index contributed by atoms with van der Waals surface area (Å²) in [6, 6.07) is 15.1. The molecule has 0 saturated carbocycles. The van der Waals surface area contributed by atoms with Crippen LogP contribution in [0.3, 0.4) is 0 Å². The molecule has 1 fully saturated rings. The lowest BCUT2D eigenvalue weighted by Gasteiger charge is -2.37. The van der Waals surface area contributed by atoms with Crippen molar-refractivity contribution in [3.8, 4) is 5.75 Å². The van der Waals surface area contributed by atoms with Gasteiger partial charge in [-0.3, -0.25) is 4.99 Å². The SMILES string of the molecule is CN=C(NCc1ccc(S(=O)(=O)N(C)C)cc1)N1CCN(c2ccc(OC)cc2)CC1. The van der Waals surface area contributed by atoms with Gasteiger partial charge >= 0.3 is 0 Å². The molecule has 0 bridgehead atoms. The minimum Gasteiger partial charge on any atom is -0.497 e. The van der Waals surface area contributed by atoms with Crippen LogP contribution in [0.1, 0.15) is 5.56 Å².